The van der Waals surface area contributed by atoms with Gasteiger partial charge in [-0.3, -0.25) is 14.4 Å². The first kappa shape index (κ1) is 27.7. The van der Waals surface area contributed by atoms with E-state index in [-0.39, 0.29) is 28.6 Å². The molecule has 0 spiro atoms. The van der Waals surface area contributed by atoms with Crippen LogP contribution in [0.4, 0.5) is 11.4 Å². The van der Waals surface area contributed by atoms with Crippen molar-refractivity contribution in [2.45, 2.75) is 58.3 Å². The van der Waals surface area contributed by atoms with E-state index in [0.29, 0.717) is 13.1 Å². The number of hydrogen-bond acceptors (Lipinski definition) is 4. The fraction of sp³-hybridized carbons (Fsp3) is 0.516. The zero-order valence-corrected chi connectivity index (χ0v) is 23.3. The van der Waals surface area contributed by atoms with Crippen LogP contribution in [-0.4, -0.2) is 52.0 Å². The molecule has 0 radical (unpaired) electrons. The minimum absolute atomic E-state index is 0.00303. The molecule has 3 aliphatic carbocycles. The van der Waals surface area contributed by atoms with Crippen LogP contribution < -0.4 is 20.4 Å². The summed E-state index contributed by atoms with van der Waals surface area (Å²) in [5, 5.41) is 6.37. The summed E-state index contributed by atoms with van der Waals surface area (Å²) in [7, 11) is 5.81. The van der Waals surface area contributed by atoms with Crippen molar-refractivity contribution in [2.24, 2.45) is 10.8 Å². The number of amides is 3. The number of fused-ring (bicyclic) bond motifs is 3. The van der Waals surface area contributed by atoms with Crippen molar-refractivity contribution in [3.63, 3.8) is 0 Å². The van der Waals surface area contributed by atoms with Gasteiger partial charge < -0.3 is 20.4 Å². The maximum absolute atomic E-state index is 13.2. The molecule has 7 heteroatoms. The molecular formula is C31H42N4O3. The van der Waals surface area contributed by atoms with Crippen molar-refractivity contribution >= 4 is 29.1 Å². The predicted octanol–water partition coefficient (Wildman–Crippen LogP) is 4.09. The van der Waals surface area contributed by atoms with Crippen LogP contribution in [0.25, 0.3) is 0 Å². The number of hydrogen-bond donors (Lipinski definition) is 2. The second kappa shape index (κ2) is 11.6. The largest absolute Gasteiger partial charge is 0.378 e. The summed E-state index contributed by atoms with van der Waals surface area (Å²) in [6, 6.07) is 16.3. The fourth-order valence-corrected chi connectivity index (χ4v) is 5.91. The summed E-state index contributed by atoms with van der Waals surface area (Å²) >= 11 is 0. The first-order valence-corrected chi connectivity index (χ1v) is 13.8. The molecule has 0 saturated heterocycles. The summed E-state index contributed by atoms with van der Waals surface area (Å²) in [6.07, 6.45) is 6.27. The molecule has 204 valence electrons. The number of carbonyl (C=O) groups is 3. The van der Waals surface area contributed by atoms with Gasteiger partial charge in [-0.15, -0.1) is 0 Å². The first-order chi connectivity index (χ1) is 18.1. The molecule has 0 heterocycles. The van der Waals surface area contributed by atoms with Crippen molar-refractivity contribution in [3.05, 3.63) is 59.7 Å². The molecule has 2 aromatic carbocycles. The number of benzene rings is 2. The molecule has 3 aliphatic rings. The Kier molecular flexibility index (Phi) is 8.44. The van der Waals surface area contributed by atoms with Crippen LogP contribution in [0.2, 0.25) is 0 Å². The van der Waals surface area contributed by atoms with Gasteiger partial charge in [0.25, 0.3) is 0 Å². The maximum Gasteiger partial charge on any atom is 0.226 e. The second-order valence-electron chi connectivity index (χ2n) is 11.4. The Balaban J connectivity index is 1.21. The summed E-state index contributed by atoms with van der Waals surface area (Å²) in [5.41, 5.74) is 3.73. The van der Waals surface area contributed by atoms with Crippen molar-refractivity contribution < 1.29 is 14.4 Å². The fourth-order valence-electron chi connectivity index (χ4n) is 5.91. The molecule has 7 nitrogen and oxygen atoms in total. The lowest BCUT2D eigenvalue weighted by atomic mass is 9.53. The Hall–Kier alpha value is -3.35. The molecule has 2 bridgehead atoms. The molecule has 38 heavy (non-hydrogen) atoms. The van der Waals surface area contributed by atoms with Gasteiger partial charge in [0.15, 0.2) is 0 Å². The van der Waals surface area contributed by atoms with E-state index in [1.165, 1.54) is 11.3 Å². The molecule has 0 atom stereocenters. The second-order valence-corrected chi connectivity index (χ2v) is 11.4. The highest BCUT2D eigenvalue weighted by Crippen LogP contribution is 2.57. The van der Waals surface area contributed by atoms with E-state index in [2.05, 4.69) is 39.8 Å². The van der Waals surface area contributed by atoms with E-state index < -0.39 is 0 Å². The number of nitrogens with one attached hydrogen (secondary N) is 2. The normalized spacial score (nSPS) is 22.0. The highest BCUT2D eigenvalue weighted by Gasteiger charge is 2.55. The van der Waals surface area contributed by atoms with Gasteiger partial charge in [0.1, 0.15) is 0 Å². The molecule has 0 aromatic heterocycles. The van der Waals surface area contributed by atoms with Gasteiger partial charge in [0.2, 0.25) is 17.7 Å². The minimum Gasteiger partial charge on any atom is -0.378 e. The quantitative estimate of drug-likeness (QED) is 0.496. The molecule has 0 unspecified atom stereocenters. The lowest BCUT2D eigenvalue weighted by Crippen LogP contribution is -2.55. The molecule has 2 N–H and O–H groups in total. The highest BCUT2D eigenvalue weighted by molar-refractivity contribution is 5.90. The van der Waals surface area contributed by atoms with E-state index in [4.69, 9.17) is 0 Å². The van der Waals surface area contributed by atoms with Crippen LogP contribution in [0, 0.1) is 10.8 Å². The molecule has 3 fully saturated rings. The van der Waals surface area contributed by atoms with Crippen molar-refractivity contribution in [1.82, 2.24) is 10.6 Å². The van der Waals surface area contributed by atoms with Gasteiger partial charge in [-0.2, -0.15) is 0 Å². The molecule has 0 aliphatic heterocycles. The average molecular weight is 519 g/mol. The van der Waals surface area contributed by atoms with Gasteiger partial charge >= 0.3 is 0 Å². The summed E-state index contributed by atoms with van der Waals surface area (Å²) in [6.45, 7) is 2.77. The van der Waals surface area contributed by atoms with E-state index >= 15 is 0 Å². The van der Waals surface area contributed by atoms with Gasteiger partial charge in [0.05, 0.1) is 0 Å². The van der Waals surface area contributed by atoms with Crippen LogP contribution >= 0.6 is 0 Å². The standard InChI is InChI=1S/C31H42N4O3/c1-23(36)35(4)27-11-7-25(8-12-27)14-22-33-29(38)31-18-15-30(16-19-31,17-20-31)28(37)32-21-13-24-5-9-26(10-6-24)34(2)3/h5-12H,13-22H2,1-4H3,(H,32,37)(H,33,38). The van der Waals surface area contributed by atoms with E-state index in [1.54, 1.807) is 18.9 Å². The van der Waals surface area contributed by atoms with Crippen LogP contribution in [0.15, 0.2) is 48.5 Å². The Morgan fingerprint density at radius 1 is 0.658 bits per heavy atom. The lowest BCUT2D eigenvalue weighted by molar-refractivity contribution is -0.150. The van der Waals surface area contributed by atoms with Crippen LogP contribution in [0.1, 0.15) is 56.6 Å². The Labute approximate surface area is 227 Å². The van der Waals surface area contributed by atoms with Crippen molar-refractivity contribution in [1.29, 1.82) is 0 Å². The third-order valence-corrected chi connectivity index (χ3v) is 8.86. The molecule has 3 saturated carbocycles. The van der Waals surface area contributed by atoms with E-state index in [1.807, 2.05) is 38.4 Å². The van der Waals surface area contributed by atoms with Crippen LogP contribution in [-0.2, 0) is 27.2 Å². The smallest absolute Gasteiger partial charge is 0.226 e. The van der Waals surface area contributed by atoms with Crippen LogP contribution in [0.5, 0.6) is 0 Å². The number of nitrogens with zero attached hydrogens (tertiary/aromatic N) is 2. The molecule has 3 amide bonds. The predicted molar refractivity (Wildman–Crippen MR) is 152 cm³/mol. The van der Waals surface area contributed by atoms with Gasteiger partial charge in [-0.05, 0) is 86.8 Å². The maximum atomic E-state index is 13.2. The SMILES string of the molecule is CC(=O)N(C)c1ccc(CCNC(=O)C23CCC(C(=O)NCCc4ccc(N(C)C)cc4)(CC2)CC3)cc1. The third-order valence-electron chi connectivity index (χ3n) is 8.86. The van der Waals surface area contributed by atoms with Crippen molar-refractivity contribution in [3.8, 4) is 0 Å². The average Bonchev–Trinajstić information content (AvgIpc) is 2.94. The molecule has 2 aromatic rings. The highest BCUT2D eigenvalue weighted by atomic mass is 16.2. The molecular weight excluding hydrogens is 476 g/mol. The number of rotatable bonds is 10. The minimum atomic E-state index is -0.329. The van der Waals surface area contributed by atoms with Crippen molar-refractivity contribution in [2.75, 3.05) is 44.0 Å². The summed E-state index contributed by atoms with van der Waals surface area (Å²) in [4.78, 5) is 41.6. The Bertz CT molecular complexity index is 1120. The van der Waals surface area contributed by atoms with E-state index in [9.17, 15) is 14.4 Å². The van der Waals surface area contributed by atoms with Gasteiger partial charge in [0, 0.05) is 63.4 Å². The first-order valence-electron chi connectivity index (χ1n) is 13.8. The lowest BCUT2D eigenvalue weighted by Gasteiger charge is -2.51. The zero-order chi connectivity index (χ0) is 27.3. The summed E-state index contributed by atoms with van der Waals surface area (Å²) < 4.78 is 0. The number of anilines is 2. The Morgan fingerprint density at radius 2 is 1.03 bits per heavy atom. The monoisotopic (exact) mass is 518 g/mol. The van der Waals surface area contributed by atoms with Gasteiger partial charge in [-0.25, -0.2) is 0 Å². The van der Waals surface area contributed by atoms with E-state index in [0.717, 1.165) is 62.6 Å². The Morgan fingerprint density at radius 3 is 1.37 bits per heavy atom. The van der Waals surface area contributed by atoms with Gasteiger partial charge in [-0.1, -0.05) is 24.3 Å². The van der Waals surface area contributed by atoms with Crippen LogP contribution in [0.3, 0.4) is 0 Å². The topological polar surface area (TPSA) is 81.8 Å². The number of carbonyl (C=O) groups excluding carboxylic acids is 3. The third kappa shape index (κ3) is 6.03. The summed E-state index contributed by atoms with van der Waals surface area (Å²) in [5.74, 6) is 0.298. The molecule has 5 rings (SSSR count). The zero-order valence-electron chi connectivity index (χ0n) is 23.3.